The summed E-state index contributed by atoms with van der Waals surface area (Å²) >= 11 is 1.48. The van der Waals surface area contributed by atoms with Crippen molar-refractivity contribution < 1.29 is 5.11 Å². The molecule has 0 fully saturated rings. The molecular formula is C8H15N3OS. The minimum absolute atomic E-state index is 0.213. The van der Waals surface area contributed by atoms with Crippen LogP contribution >= 0.6 is 11.3 Å². The van der Waals surface area contributed by atoms with Gasteiger partial charge in [-0.2, -0.15) is 0 Å². The minimum Gasteiger partial charge on any atom is -0.385 e. The van der Waals surface area contributed by atoms with Gasteiger partial charge in [0.05, 0.1) is 5.69 Å². The van der Waals surface area contributed by atoms with Crippen molar-refractivity contribution in [2.75, 3.05) is 11.9 Å². The third-order valence-electron chi connectivity index (χ3n) is 1.50. The molecule has 0 saturated carbocycles. The van der Waals surface area contributed by atoms with E-state index in [0.717, 1.165) is 5.13 Å². The Morgan fingerprint density at radius 3 is 2.92 bits per heavy atom. The van der Waals surface area contributed by atoms with E-state index in [2.05, 4.69) is 10.3 Å². The second-order valence-electron chi connectivity index (χ2n) is 3.13. The van der Waals surface area contributed by atoms with Crippen LogP contribution in [0.5, 0.6) is 0 Å². The SMILES string of the molecule is CC(C)Nc1nc(C(O)CN)cs1. The number of aromatic nitrogens is 1. The average molecular weight is 201 g/mol. The number of nitrogens with zero attached hydrogens (tertiary/aromatic N) is 1. The zero-order chi connectivity index (χ0) is 9.84. The zero-order valence-electron chi connectivity index (χ0n) is 7.82. The molecule has 13 heavy (non-hydrogen) atoms. The Labute approximate surface area is 81.8 Å². The Balaban J connectivity index is 2.63. The van der Waals surface area contributed by atoms with Crippen molar-refractivity contribution in [1.82, 2.24) is 4.98 Å². The summed E-state index contributed by atoms with van der Waals surface area (Å²) in [4.78, 5) is 4.20. The van der Waals surface area contributed by atoms with Crippen molar-refractivity contribution in [1.29, 1.82) is 0 Å². The van der Waals surface area contributed by atoms with E-state index in [-0.39, 0.29) is 6.54 Å². The highest BCUT2D eigenvalue weighted by molar-refractivity contribution is 7.13. The van der Waals surface area contributed by atoms with Crippen LogP contribution in [0.2, 0.25) is 0 Å². The van der Waals surface area contributed by atoms with Crippen LogP contribution in [0.25, 0.3) is 0 Å². The lowest BCUT2D eigenvalue weighted by atomic mass is 10.3. The maximum Gasteiger partial charge on any atom is 0.183 e. The molecular weight excluding hydrogens is 186 g/mol. The second-order valence-corrected chi connectivity index (χ2v) is 3.99. The molecule has 1 unspecified atom stereocenters. The first kappa shape index (κ1) is 10.4. The molecule has 1 aromatic heterocycles. The largest absolute Gasteiger partial charge is 0.385 e. The molecule has 1 heterocycles. The molecule has 5 heteroatoms. The first-order valence-electron chi connectivity index (χ1n) is 4.23. The van der Waals surface area contributed by atoms with Crippen LogP contribution in [0.3, 0.4) is 0 Å². The lowest BCUT2D eigenvalue weighted by Crippen LogP contribution is -2.13. The smallest absolute Gasteiger partial charge is 0.183 e. The summed E-state index contributed by atoms with van der Waals surface area (Å²) in [7, 11) is 0. The highest BCUT2D eigenvalue weighted by Crippen LogP contribution is 2.20. The van der Waals surface area contributed by atoms with Gasteiger partial charge in [-0.3, -0.25) is 0 Å². The van der Waals surface area contributed by atoms with Gasteiger partial charge in [-0.1, -0.05) is 0 Å². The van der Waals surface area contributed by atoms with E-state index >= 15 is 0 Å². The zero-order valence-corrected chi connectivity index (χ0v) is 8.64. The lowest BCUT2D eigenvalue weighted by Gasteiger charge is -2.05. The van der Waals surface area contributed by atoms with Crippen molar-refractivity contribution in [2.45, 2.75) is 26.0 Å². The number of hydrogen-bond acceptors (Lipinski definition) is 5. The number of hydrogen-bond donors (Lipinski definition) is 3. The van der Waals surface area contributed by atoms with Gasteiger partial charge in [0, 0.05) is 18.0 Å². The van der Waals surface area contributed by atoms with Crippen molar-refractivity contribution >= 4 is 16.5 Å². The predicted octanol–water partition coefficient (Wildman–Crippen LogP) is 0.956. The quantitative estimate of drug-likeness (QED) is 0.678. The van der Waals surface area contributed by atoms with Gasteiger partial charge < -0.3 is 16.2 Å². The fourth-order valence-corrected chi connectivity index (χ4v) is 1.78. The van der Waals surface area contributed by atoms with Crippen molar-refractivity contribution in [2.24, 2.45) is 5.73 Å². The molecule has 0 aromatic carbocycles. The topological polar surface area (TPSA) is 71.2 Å². The Bertz CT molecular complexity index is 262. The summed E-state index contributed by atoms with van der Waals surface area (Å²) in [5.41, 5.74) is 5.96. The summed E-state index contributed by atoms with van der Waals surface area (Å²) < 4.78 is 0. The van der Waals surface area contributed by atoms with Gasteiger partial charge in [0.25, 0.3) is 0 Å². The molecule has 0 aliphatic rings. The van der Waals surface area contributed by atoms with Crippen LogP contribution in [-0.2, 0) is 0 Å². The lowest BCUT2D eigenvalue weighted by molar-refractivity contribution is 0.182. The Kier molecular flexibility index (Phi) is 3.65. The van der Waals surface area contributed by atoms with E-state index in [1.807, 2.05) is 19.2 Å². The van der Waals surface area contributed by atoms with E-state index in [9.17, 15) is 5.11 Å². The van der Waals surface area contributed by atoms with Crippen LogP contribution in [0.4, 0.5) is 5.13 Å². The molecule has 0 spiro atoms. The summed E-state index contributed by atoms with van der Waals surface area (Å²) in [5.74, 6) is 0. The number of aliphatic hydroxyl groups excluding tert-OH is 1. The Morgan fingerprint density at radius 2 is 2.38 bits per heavy atom. The van der Waals surface area contributed by atoms with E-state index in [1.54, 1.807) is 0 Å². The van der Waals surface area contributed by atoms with E-state index in [1.165, 1.54) is 11.3 Å². The van der Waals surface area contributed by atoms with E-state index < -0.39 is 6.10 Å². The minimum atomic E-state index is -0.640. The van der Waals surface area contributed by atoms with Gasteiger partial charge in [-0.25, -0.2) is 4.98 Å². The van der Waals surface area contributed by atoms with Crippen molar-refractivity contribution in [3.8, 4) is 0 Å². The number of thiazole rings is 1. The molecule has 74 valence electrons. The average Bonchev–Trinajstić information content (AvgIpc) is 2.50. The predicted molar refractivity (Wildman–Crippen MR) is 54.9 cm³/mol. The van der Waals surface area contributed by atoms with Gasteiger partial charge in [0.2, 0.25) is 0 Å². The molecule has 1 aromatic rings. The number of anilines is 1. The number of nitrogens with one attached hydrogen (secondary N) is 1. The van der Waals surface area contributed by atoms with Crippen LogP contribution in [0.15, 0.2) is 5.38 Å². The molecule has 0 amide bonds. The monoisotopic (exact) mass is 201 g/mol. The molecule has 4 nitrogen and oxygen atoms in total. The molecule has 0 radical (unpaired) electrons. The molecule has 0 bridgehead atoms. The summed E-state index contributed by atoms with van der Waals surface area (Å²) in [6.45, 7) is 4.30. The van der Waals surface area contributed by atoms with Crippen molar-refractivity contribution in [3.05, 3.63) is 11.1 Å². The van der Waals surface area contributed by atoms with E-state index in [4.69, 9.17) is 5.73 Å². The summed E-state index contributed by atoms with van der Waals surface area (Å²) in [6, 6.07) is 0.356. The van der Waals surface area contributed by atoms with Gasteiger partial charge in [0.1, 0.15) is 6.10 Å². The number of rotatable bonds is 4. The molecule has 0 aliphatic carbocycles. The highest BCUT2D eigenvalue weighted by atomic mass is 32.1. The maximum absolute atomic E-state index is 9.37. The first-order valence-corrected chi connectivity index (χ1v) is 5.11. The fourth-order valence-electron chi connectivity index (χ4n) is 0.873. The maximum atomic E-state index is 9.37. The van der Waals surface area contributed by atoms with Gasteiger partial charge in [0.15, 0.2) is 5.13 Å². The Hall–Kier alpha value is -0.650. The van der Waals surface area contributed by atoms with Crippen LogP contribution in [0.1, 0.15) is 25.6 Å². The third kappa shape index (κ3) is 2.95. The van der Waals surface area contributed by atoms with Crippen LogP contribution in [0, 0.1) is 0 Å². The molecule has 0 aliphatic heterocycles. The summed E-state index contributed by atoms with van der Waals surface area (Å²) in [5, 5.41) is 15.2. The Morgan fingerprint density at radius 1 is 1.69 bits per heavy atom. The van der Waals surface area contributed by atoms with Crippen molar-refractivity contribution in [3.63, 3.8) is 0 Å². The first-order chi connectivity index (χ1) is 6.13. The third-order valence-corrected chi connectivity index (χ3v) is 2.29. The van der Waals surface area contributed by atoms with E-state index in [0.29, 0.717) is 11.7 Å². The number of nitrogens with two attached hydrogens (primary N) is 1. The molecule has 4 N–H and O–H groups in total. The van der Waals surface area contributed by atoms with Crippen LogP contribution < -0.4 is 11.1 Å². The van der Waals surface area contributed by atoms with Crippen LogP contribution in [-0.4, -0.2) is 22.7 Å². The molecule has 1 atom stereocenters. The van der Waals surface area contributed by atoms with Gasteiger partial charge in [-0.05, 0) is 13.8 Å². The van der Waals surface area contributed by atoms with Gasteiger partial charge in [-0.15, -0.1) is 11.3 Å². The normalized spacial score (nSPS) is 13.3. The highest BCUT2D eigenvalue weighted by Gasteiger charge is 2.09. The molecule has 0 saturated heterocycles. The standard InChI is InChI=1S/C8H15N3OS/c1-5(2)10-8-11-6(4-13-8)7(12)3-9/h4-5,7,12H,3,9H2,1-2H3,(H,10,11). The molecule has 1 rings (SSSR count). The summed E-state index contributed by atoms with van der Waals surface area (Å²) in [6.07, 6.45) is -0.640. The van der Waals surface area contributed by atoms with Gasteiger partial charge >= 0.3 is 0 Å². The second kappa shape index (κ2) is 4.55. The fraction of sp³-hybridized carbons (Fsp3) is 0.625. The number of aliphatic hydroxyl groups is 1.